The minimum absolute atomic E-state index is 0.0154. The molecule has 1 aromatic heterocycles. The standard InChI is InChI=1S/C30H31N5O5S/c1-17-10-12-21(14-18(17)2)35(30(38)27-24(31)25(28(32)36)34-41-27)26(20-11-13-22(39-3)23(15-20)40-4)29(37)33-16-19-8-6-5-7-9-19/h5-15,26H,16,31H2,1-4H3,(H2,32,36)(H,33,37)/t26-/m0/s1. The van der Waals surface area contributed by atoms with Crippen molar-refractivity contribution in [2.45, 2.75) is 26.4 Å². The monoisotopic (exact) mass is 573 g/mol. The summed E-state index contributed by atoms with van der Waals surface area (Å²) in [7, 11) is 3.00. The summed E-state index contributed by atoms with van der Waals surface area (Å²) in [6.45, 7) is 4.09. The molecule has 0 saturated carbocycles. The number of carbonyl (C=O) groups excluding carboxylic acids is 3. The molecule has 41 heavy (non-hydrogen) atoms. The summed E-state index contributed by atoms with van der Waals surface area (Å²) in [4.78, 5) is 41.6. The van der Waals surface area contributed by atoms with Gasteiger partial charge in [-0.2, -0.15) is 4.37 Å². The van der Waals surface area contributed by atoms with Crippen molar-refractivity contribution in [3.8, 4) is 11.5 Å². The Balaban J connectivity index is 1.90. The Morgan fingerprint density at radius 2 is 1.66 bits per heavy atom. The van der Waals surface area contributed by atoms with Gasteiger partial charge in [0.1, 0.15) is 10.9 Å². The van der Waals surface area contributed by atoms with E-state index in [9.17, 15) is 14.4 Å². The third-order valence-corrected chi connectivity index (χ3v) is 7.53. The molecule has 0 saturated heterocycles. The molecule has 0 radical (unpaired) electrons. The van der Waals surface area contributed by atoms with E-state index >= 15 is 0 Å². The van der Waals surface area contributed by atoms with Gasteiger partial charge in [-0.15, -0.1) is 0 Å². The molecule has 1 heterocycles. The Bertz CT molecular complexity index is 1590. The van der Waals surface area contributed by atoms with Gasteiger partial charge in [0, 0.05) is 12.2 Å². The number of primary amides is 1. The quantitative estimate of drug-likeness (QED) is 0.258. The van der Waals surface area contributed by atoms with Crippen molar-refractivity contribution in [2.75, 3.05) is 24.9 Å². The second-order valence-electron chi connectivity index (χ2n) is 9.30. The van der Waals surface area contributed by atoms with Crippen molar-refractivity contribution in [3.05, 3.63) is 99.6 Å². The summed E-state index contributed by atoms with van der Waals surface area (Å²) in [5, 5.41) is 2.96. The van der Waals surface area contributed by atoms with E-state index < -0.39 is 23.8 Å². The third kappa shape index (κ3) is 6.15. The lowest BCUT2D eigenvalue weighted by molar-refractivity contribution is -0.122. The van der Waals surface area contributed by atoms with Crippen molar-refractivity contribution in [3.63, 3.8) is 0 Å². The van der Waals surface area contributed by atoms with Crippen LogP contribution in [0.25, 0.3) is 0 Å². The van der Waals surface area contributed by atoms with E-state index in [1.807, 2.05) is 56.3 Å². The fourth-order valence-electron chi connectivity index (χ4n) is 4.32. The number of benzene rings is 3. The molecule has 3 aromatic carbocycles. The van der Waals surface area contributed by atoms with E-state index in [1.165, 1.54) is 19.1 Å². The maximum Gasteiger partial charge on any atom is 0.273 e. The fraction of sp³-hybridized carbons (Fsp3) is 0.200. The summed E-state index contributed by atoms with van der Waals surface area (Å²) in [5.74, 6) is -1.09. The van der Waals surface area contributed by atoms with Gasteiger partial charge in [0.15, 0.2) is 17.2 Å². The first kappa shape index (κ1) is 29.1. The lowest BCUT2D eigenvalue weighted by atomic mass is 10.0. The molecule has 4 aromatic rings. The normalized spacial score (nSPS) is 11.4. The SMILES string of the molecule is COc1ccc([C@@H](C(=O)NCc2ccccc2)N(C(=O)c2snc(C(N)=O)c2N)c2ccc(C)c(C)c2)cc1OC. The zero-order valence-corrected chi connectivity index (χ0v) is 24.0. The number of nitrogens with two attached hydrogens (primary N) is 2. The highest BCUT2D eigenvalue weighted by Gasteiger charge is 2.36. The smallest absolute Gasteiger partial charge is 0.273 e. The van der Waals surface area contributed by atoms with Crippen LogP contribution in [0, 0.1) is 13.8 Å². The predicted molar refractivity (Wildman–Crippen MR) is 158 cm³/mol. The van der Waals surface area contributed by atoms with Crippen molar-refractivity contribution in [1.29, 1.82) is 0 Å². The average Bonchev–Trinajstić information content (AvgIpc) is 3.37. The van der Waals surface area contributed by atoms with Crippen LogP contribution in [0.15, 0.2) is 66.7 Å². The maximum absolute atomic E-state index is 14.3. The Labute approximate surface area is 242 Å². The number of nitrogen functional groups attached to an aromatic ring is 1. The number of anilines is 2. The molecular formula is C30H31N5O5S. The summed E-state index contributed by atoms with van der Waals surface area (Å²) in [6, 6.07) is 18.7. The van der Waals surface area contributed by atoms with E-state index in [4.69, 9.17) is 20.9 Å². The predicted octanol–water partition coefficient (Wildman–Crippen LogP) is 4.16. The highest BCUT2D eigenvalue weighted by atomic mass is 32.1. The summed E-state index contributed by atoms with van der Waals surface area (Å²) in [6.07, 6.45) is 0. The summed E-state index contributed by atoms with van der Waals surface area (Å²) < 4.78 is 14.9. The van der Waals surface area contributed by atoms with Crippen LogP contribution in [0.5, 0.6) is 11.5 Å². The zero-order chi connectivity index (χ0) is 29.7. The number of methoxy groups -OCH3 is 2. The van der Waals surface area contributed by atoms with Crippen LogP contribution in [-0.4, -0.2) is 36.3 Å². The molecule has 5 N–H and O–H groups in total. The number of hydrogen-bond acceptors (Lipinski definition) is 8. The Morgan fingerprint density at radius 3 is 2.27 bits per heavy atom. The molecule has 0 aliphatic heterocycles. The van der Waals surface area contributed by atoms with E-state index in [0.717, 1.165) is 28.2 Å². The van der Waals surface area contributed by atoms with E-state index in [2.05, 4.69) is 9.69 Å². The molecule has 4 rings (SSSR count). The van der Waals surface area contributed by atoms with Crippen molar-refractivity contribution < 1.29 is 23.9 Å². The number of nitrogens with one attached hydrogen (secondary N) is 1. The van der Waals surface area contributed by atoms with E-state index in [-0.39, 0.29) is 22.8 Å². The molecular weight excluding hydrogens is 542 g/mol. The van der Waals surface area contributed by atoms with Gasteiger partial charge in [-0.1, -0.05) is 42.5 Å². The molecule has 0 aliphatic rings. The molecule has 212 valence electrons. The maximum atomic E-state index is 14.3. The molecule has 10 nitrogen and oxygen atoms in total. The van der Waals surface area contributed by atoms with Crippen LogP contribution < -0.4 is 31.2 Å². The number of amides is 3. The van der Waals surface area contributed by atoms with Gasteiger partial charge in [-0.25, -0.2) is 0 Å². The Hall–Kier alpha value is -4.90. The highest BCUT2D eigenvalue weighted by Crippen LogP contribution is 2.37. The van der Waals surface area contributed by atoms with Crippen LogP contribution in [0.2, 0.25) is 0 Å². The minimum atomic E-state index is -1.17. The largest absolute Gasteiger partial charge is 0.493 e. The van der Waals surface area contributed by atoms with Gasteiger partial charge in [0.05, 0.1) is 19.9 Å². The van der Waals surface area contributed by atoms with Gasteiger partial charge in [0.25, 0.3) is 11.8 Å². The first-order chi connectivity index (χ1) is 19.7. The molecule has 0 unspecified atom stereocenters. The van der Waals surface area contributed by atoms with Gasteiger partial charge in [-0.3, -0.25) is 19.3 Å². The number of hydrogen-bond donors (Lipinski definition) is 3. The van der Waals surface area contributed by atoms with Crippen LogP contribution in [-0.2, 0) is 11.3 Å². The number of aryl methyl sites for hydroxylation is 2. The van der Waals surface area contributed by atoms with Crippen LogP contribution in [0.1, 0.15) is 48.5 Å². The van der Waals surface area contributed by atoms with Gasteiger partial charge in [0.2, 0.25) is 5.91 Å². The second kappa shape index (κ2) is 12.5. The minimum Gasteiger partial charge on any atom is -0.493 e. The zero-order valence-electron chi connectivity index (χ0n) is 23.1. The molecule has 0 fully saturated rings. The number of carbonyl (C=O) groups is 3. The average molecular weight is 574 g/mol. The molecule has 3 amide bonds. The number of rotatable bonds is 10. The molecule has 11 heteroatoms. The number of aromatic nitrogens is 1. The van der Waals surface area contributed by atoms with Crippen LogP contribution in [0.4, 0.5) is 11.4 Å². The van der Waals surface area contributed by atoms with Gasteiger partial charge >= 0.3 is 0 Å². The van der Waals surface area contributed by atoms with E-state index in [1.54, 1.807) is 24.3 Å². The number of ether oxygens (including phenoxy) is 2. The highest BCUT2D eigenvalue weighted by molar-refractivity contribution is 7.09. The van der Waals surface area contributed by atoms with E-state index in [0.29, 0.717) is 22.7 Å². The first-order valence-electron chi connectivity index (χ1n) is 12.7. The van der Waals surface area contributed by atoms with Crippen molar-refractivity contribution in [1.82, 2.24) is 9.69 Å². The second-order valence-corrected chi connectivity index (χ2v) is 10.1. The van der Waals surface area contributed by atoms with Gasteiger partial charge in [-0.05, 0) is 71.9 Å². The Kier molecular flexibility index (Phi) is 8.88. The summed E-state index contributed by atoms with van der Waals surface area (Å²) in [5.41, 5.74) is 14.9. The van der Waals surface area contributed by atoms with Gasteiger partial charge < -0.3 is 26.3 Å². The van der Waals surface area contributed by atoms with Crippen molar-refractivity contribution >= 4 is 40.6 Å². The van der Waals surface area contributed by atoms with Crippen LogP contribution in [0.3, 0.4) is 0 Å². The molecule has 0 aliphatic carbocycles. The Morgan fingerprint density at radius 1 is 0.951 bits per heavy atom. The summed E-state index contributed by atoms with van der Waals surface area (Å²) >= 11 is 0.748. The lowest BCUT2D eigenvalue weighted by Crippen LogP contribution is -2.44. The molecule has 1 atom stereocenters. The number of nitrogens with zero attached hydrogens (tertiary/aromatic N) is 2. The molecule has 0 bridgehead atoms. The van der Waals surface area contributed by atoms with Crippen LogP contribution >= 0.6 is 11.5 Å². The fourth-order valence-corrected chi connectivity index (χ4v) is 5.06. The third-order valence-electron chi connectivity index (χ3n) is 6.68. The lowest BCUT2D eigenvalue weighted by Gasteiger charge is -2.32. The van der Waals surface area contributed by atoms with Crippen molar-refractivity contribution in [2.24, 2.45) is 5.73 Å². The molecule has 0 spiro atoms. The topological polar surface area (TPSA) is 150 Å². The first-order valence-corrected chi connectivity index (χ1v) is 13.4.